The first kappa shape index (κ1) is 20.1. The molecule has 0 bridgehead atoms. The molecule has 1 N–H and O–H groups in total. The van der Waals surface area contributed by atoms with Gasteiger partial charge in [0, 0.05) is 19.6 Å². The van der Waals surface area contributed by atoms with Gasteiger partial charge in [-0.15, -0.1) is 0 Å². The van der Waals surface area contributed by atoms with Crippen LogP contribution in [0.3, 0.4) is 0 Å². The van der Waals surface area contributed by atoms with E-state index in [2.05, 4.69) is 29.6 Å². The summed E-state index contributed by atoms with van der Waals surface area (Å²) >= 11 is 0. The zero-order valence-corrected chi connectivity index (χ0v) is 17.4. The van der Waals surface area contributed by atoms with E-state index in [1.165, 1.54) is 5.56 Å². The minimum absolute atomic E-state index is 0.0409. The summed E-state index contributed by atoms with van der Waals surface area (Å²) in [6, 6.07) is 22.4. The molecule has 4 nitrogen and oxygen atoms in total. The lowest BCUT2D eigenvalue weighted by Crippen LogP contribution is -2.45. The van der Waals surface area contributed by atoms with Gasteiger partial charge in [0.05, 0.1) is 12.3 Å². The highest BCUT2D eigenvalue weighted by molar-refractivity contribution is 5.90. The Morgan fingerprint density at radius 2 is 1.83 bits per heavy atom. The second-order valence-corrected chi connectivity index (χ2v) is 8.20. The van der Waals surface area contributed by atoms with Crippen LogP contribution < -0.4 is 5.32 Å². The maximum atomic E-state index is 13.0. The van der Waals surface area contributed by atoms with Gasteiger partial charge in [-0.3, -0.25) is 9.59 Å². The molecule has 1 heterocycles. The summed E-state index contributed by atoms with van der Waals surface area (Å²) in [4.78, 5) is 27.6. The Labute approximate surface area is 177 Å². The van der Waals surface area contributed by atoms with Crippen LogP contribution in [0.4, 0.5) is 0 Å². The van der Waals surface area contributed by atoms with Crippen molar-refractivity contribution in [3.05, 3.63) is 83.4 Å². The van der Waals surface area contributed by atoms with Crippen LogP contribution in [0.25, 0.3) is 10.8 Å². The van der Waals surface area contributed by atoms with Crippen molar-refractivity contribution in [2.45, 2.75) is 32.7 Å². The average Bonchev–Trinajstić information content (AvgIpc) is 2.78. The van der Waals surface area contributed by atoms with Gasteiger partial charge in [-0.25, -0.2) is 0 Å². The molecule has 30 heavy (non-hydrogen) atoms. The molecule has 0 spiro atoms. The number of hydrogen-bond donors (Lipinski definition) is 1. The summed E-state index contributed by atoms with van der Waals surface area (Å²) in [5.41, 5.74) is 3.33. The second kappa shape index (κ2) is 9.12. The van der Waals surface area contributed by atoms with Crippen molar-refractivity contribution < 1.29 is 9.59 Å². The molecule has 3 aromatic rings. The van der Waals surface area contributed by atoms with Gasteiger partial charge in [-0.05, 0) is 41.7 Å². The molecule has 1 unspecified atom stereocenters. The van der Waals surface area contributed by atoms with Gasteiger partial charge in [0.25, 0.3) is 0 Å². The molecule has 0 aliphatic carbocycles. The second-order valence-electron chi connectivity index (χ2n) is 8.20. The maximum Gasteiger partial charge on any atom is 0.227 e. The van der Waals surface area contributed by atoms with Crippen LogP contribution >= 0.6 is 0 Å². The van der Waals surface area contributed by atoms with Crippen LogP contribution in [0, 0.1) is 12.8 Å². The first-order chi connectivity index (χ1) is 14.6. The van der Waals surface area contributed by atoms with E-state index < -0.39 is 0 Å². The number of nitrogens with zero attached hydrogens (tertiary/aromatic N) is 1. The van der Waals surface area contributed by atoms with Crippen molar-refractivity contribution in [1.82, 2.24) is 10.2 Å². The molecule has 3 aromatic carbocycles. The predicted molar refractivity (Wildman–Crippen MR) is 120 cm³/mol. The number of amides is 2. The summed E-state index contributed by atoms with van der Waals surface area (Å²) < 4.78 is 0. The van der Waals surface area contributed by atoms with Crippen molar-refractivity contribution in [2.24, 2.45) is 5.92 Å². The van der Waals surface area contributed by atoms with Gasteiger partial charge in [0.15, 0.2) is 0 Å². The third kappa shape index (κ3) is 4.70. The molecule has 2 amide bonds. The van der Waals surface area contributed by atoms with Gasteiger partial charge in [0.2, 0.25) is 11.8 Å². The zero-order valence-electron chi connectivity index (χ0n) is 17.4. The van der Waals surface area contributed by atoms with Crippen molar-refractivity contribution in [1.29, 1.82) is 0 Å². The molecule has 4 rings (SSSR count). The number of likely N-dealkylation sites (tertiary alicyclic amines) is 1. The monoisotopic (exact) mass is 400 g/mol. The van der Waals surface area contributed by atoms with Gasteiger partial charge < -0.3 is 10.2 Å². The summed E-state index contributed by atoms with van der Waals surface area (Å²) in [5, 5.41) is 5.32. The Balaban J connectivity index is 1.37. The lowest BCUT2D eigenvalue weighted by molar-refractivity contribution is -0.135. The highest BCUT2D eigenvalue weighted by atomic mass is 16.2. The SMILES string of the molecule is Cc1cccc(CNC(=O)C2CCCN(C(=O)Cc3cccc4ccccc34)C2)c1. The first-order valence-corrected chi connectivity index (χ1v) is 10.7. The van der Waals surface area contributed by atoms with Crippen LogP contribution in [0.1, 0.15) is 29.5 Å². The Kier molecular flexibility index (Phi) is 6.12. The minimum atomic E-state index is -0.139. The molecule has 0 saturated carbocycles. The highest BCUT2D eigenvalue weighted by Crippen LogP contribution is 2.22. The number of carbonyl (C=O) groups is 2. The van der Waals surface area contributed by atoms with E-state index in [-0.39, 0.29) is 17.7 Å². The summed E-state index contributed by atoms with van der Waals surface area (Å²) in [6.45, 7) is 3.81. The van der Waals surface area contributed by atoms with Gasteiger partial charge in [-0.2, -0.15) is 0 Å². The molecule has 1 atom stereocenters. The van der Waals surface area contributed by atoms with Crippen LogP contribution in [0.2, 0.25) is 0 Å². The standard InChI is InChI=1S/C26H28N2O2/c1-19-7-4-8-20(15-19)17-27-26(30)23-12-6-14-28(18-23)25(29)16-22-11-5-10-21-9-2-3-13-24(21)22/h2-5,7-11,13,15,23H,6,12,14,16-18H2,1H3,(H,27,30). The molecular weight excluding hydrogens is 372 g/mol. The van der Waals surface area contributed by atoms with Crippen molar-refractivity contribution in [3.63, 3.8) is 0 Å². The number of hydrogen-bond acceptors (Lipinski definition) is 2. The maximum absolute atomic E-state index is 13.0. The van der Waals surface area contributed by atoms with E-state index >= 15 is 0 Å². The molecule has 1 aliphatic rings. The molecule has 0 aromatic heterocycles. The number of piperidine rings is 1. The summed E-state index contributed by atoms with van der Waals surface area (Å²) in [6.07, 6.45) is 2.07. The topological polar surface area (TPSA) is 49.4 Å². The Bertz CT molecular complexity index is 1050. The fourth-order valence-corrected chi connectivity index (χ4v) is 4.29. The number of aryl methyl sites for hydroxylation is 1. The largest absolute Gasteiger partial charge is 0.352 e. The van der Waals surface area contributed by atoms with Gasteiger partial charge >= 0.3 is 0 Å². The van der Waals surface area contributed by atoms with Crippen LogP contribution in [0.5, 0.6) is 0 Å². The van der Waals surface area contributed by atoms with Crippen molar-refractivity contribution in [2.75, 3.05) is 13.1 Å². The van der Waals surface area contributed by atoms with Crippen LogP contribution in [-0.2, 0) is 22.6 Å². The number of benzene rings is 3. The quantitative estimate of drug-likeness (QED) is 0.696. The lowest BCUT2D eigenvalue weighted by atomic mass is 9.95. The molecule has 1 aliphatic heterocycles. The Morgan fingerprint density at radius 3 is 2.70 bits per heavy atom. The van der Waals surface area contributed by atoms with E-state index in [1.54, 1.807) is 0 Å². The van der Waals surface area contributed by atoms with E-state index in [9.17, 15) is 9.59 Å². The van der Waals surface area contributed by atoms with Gasteiger partial charge in [0.1, 0.15) is 0 Å². The third-order valence-corrected chi connectivity index (χ3v) is 5.92. The van der Waals surface area contributed by atoms with E-state index in [4.69, 9.17) is 0 Å². The van der Waals surface area contributed by atoms with E-state index in [1.807, 2.05) is 54.3 Å². The first-order valence-electron chi connectivity index (χ1n) is 10.7. The van der Waals surface area contributed by atoms with Crippen molar-refractivity contribution >= 4 is 22.6 Å². The van der Waals surface area contributed by atoms with E-state index in [0.29, 0.717) is 19.5 Å². The molecule has 1 fully saturated rings. The number of nitrogens with one attached hydrogen (secondary N) is 1. The van der Waals surface area contributed by atoms with Crippen molar-refractivity contribution in [3.8, 4) is 0 Å². The number of rotatable bonds is 5. The average molecular weight is 401 g/mol. The van der Waals surface area contributed by atoms with Crippen LogP contribution in [0.15, 0.2) is 66.7 Å². The predicted octanol–water partition coefficient (Wildman–Crippen LogP) is 4.25. The fraction of sp³-hybridized carbons (Fsp3) is 0.308. The zero-order chi connectivity index (χ0) is 20.9. The molecule has 4 heteroatoms. The Morgan fingerprint density at radius 1 is 1.03 bits per heavy atom. The van der Waals surface area contributed by atoms with Gasteiger partial charge in [-0.1, -0.05) is 72.3 Å². The molecular formula is C26H28N2O2. The van der Waals surface area contributed by atoms with E-state index in [0.717, 1.165) is 41.3 Å². The summed E-state index contributed by atoms with van der Waals surface area (Å²) in [7, 11) is 0. The number of carbonyl (C=O) groups excluding carboxylic acids is 2. The molecule has 1 saturated heterocycles. The normalized spacial score (nSPS) is 16.4. The number of fused-ring (bicyclic) bond motifs is 1. The minimum Gasteiger partial charge on any atom is -0.352 e. The smallest absolute Gasteiger partial charge is 0.227 e. The molecule has 154 valence electrons. The lowest BCUT2D eigenvalue weighted by Gasteiger charge is -2.32. The molecule has 0 radical (unpaired) electrons. The fourth-order valence-electron chi connectivity index (χ4n) is 4.29. The third-order valence-electron chi connectivity index (χ3n) is 5.92. The highest BCUT2D eigenvalue weighted by Gasteiger charge is 2.28. The van der Waals surface area contributed by atoms with Crippen LogP contribution in [-0.4, -0.2) is 29.8 Å². The summed E-state index contributed by atoms with van der Waals surface area (Å²) in [5.74, 6) is 0.00160. The Hall–Kier alpha value is -3.14.